The molecule has 0 aliphatic heterocycles. The third-order valence-corrected chi connectivity index (χ3v) is 5.33. The number of amides is 1. The predicted octanol–water partition coefficient (Wildman–Crippen LogP) is 3.10. The van der Waals surface area contributed by atoms with E-state index >= 15 is 0 Å². The number of nitrogens with zero attached hydrogens (tertiary/aromatic N) is 1. The van der Waals surface area contributed by atoms with E-state index in [0.717, 1.165) is 25.7 Å². The molecule has 5 heteroatoms. The molecular weight excluding hydrogens is 293 g/mol. The van der Waals surface area contributed by atoms with Crippen LogP contribution in [-0.4, -0.2) is 35.1 Å². The molecule has 1 N–H and O–H groups in total. The Morgan fingerprint density at radius 2 is 1.90 bits per heavy atom. The standard InChI is InChI=1S/C16H19ClFNO2/c1-19(11-5-9-7-12(20)8-10(9)6-11)16(21)15-13(17)3-2-4-14(15)18/h2-4,9-12,20H,5-8H2,1H3/t9-,10+,11?,12?. The summed E-state index contributed by atoms with van der Waals surface area (Å²) in [5.74, 6) is 0.0317. The van der Waals surface area contributed by atoms with Crippen molar-refractivity contribution in [3.63, 3.8) is 0 Å². The van der Waals surface area contributed by atoms with Gasteiger partial charge < -0.3 is 10.0 Å². The highest BCUT2D eigenvalue weighted by atomic mass is 35.5. The minimum Gasteiger partial charge on any atom is -0.393 e. The second-order valence-corrected chi connectivity index (χ2v) is 6.69. The lowest BCUT2D eigenvalue weighted by atomic mass is 10.0. The predicted molar refractivity (Wildman–Crippen MR) is 78.7 cm³/mol. The van der Waals surface area contributed by atoms with Gasteiger partial charge in [0.25, 0.3) is 5.91 Å². The number of aliphatic hydroxyl groups is 1. The zero-order chi connectivity index (χ0) is 15.1. The Morgan fingerprint density at radius 1 is 1.29 bits per heavy atom. The van der Waals surface area contributed by atoms with Crippen LogP contribution < -0.4 is 0 Å². The third-order valence-electron chi connectivity index (χ3n) is 5.01. The Kier molecular flexibility index (Phi) is 3.93. The number of benzene rings is 1. The Morgan fingerprint density at radius 3 is 2.48 bits per heavy atom. The summed E-state index contributed by atoms with van der Waals surface area (Å²) in [6, 6.07) is 4.39. The molecule has 21 heavy (non-hydrogen) atoms. The number of halogens is 2. The maximum atomic E-state index is 13.9. The van der Waals surface area contributed by atoms with Crippen LogP contribution in [-0.2, 0) is 0 Å². The molecule has 0 aromatic heterocycles. The maximum absolute atomic E-state index is 13.9. The summed E-state index contributed by atoms with van der Waals surface area (Å²) in [4.78, 5) is 14.1. The summed E-state index contributed by atoms with van der Waals surface area (Å²) in [5, 5.41) is 9.83. The molecule has 2 saturated carbocycles. The molecule has 1 amide bonds. The van der Waals surface area contributed by atoms with Gasteiger partial charge in [-0.3, -0.25) is 4.79 Å². The summed E-state index contributed by atoms with van der Waals surface area (Å²) >= 11 is 5.97. The average Bonchev–Trinajstić information content (AvgIpc) is 2.94. The Balaban J connectivity index is 1.74. The SMILES string of the molecule is CN(C(=O)c1c(F)cccc1Cl)C1C[C@H]2CC(O)C[C@H]2C1. The van der Waals surface area contributed by atoms with Gasteiger partial charge >= 0.3 is 0 Å². The molecule has 0 heterocycles. The van der Waals surface area contributed by atoms with Crippen molar-refractivity contribution in [3.05, 3.63) is 34.6 Å². The smallest absolute Gasteiger partial charge is 0.258 e. The summed E-state index contributed by atoms with van der Waals surface area (Å²) < 4.78 is 13.9. The monoisotopic (exact) mass is 311 g/mol. The van der Waals surface area contributed by atoms with Gasteiger partial charge in [-0.15, -0.1) is 0 Å². The van der Waals surface area contributed by atoms with Gasteiger partial charge in [-0.2, -0.15) is 0 Å². The summed E-state index contributed by atoms with van der Waals surface area (Å²) in [6.07, 6.45) is 3.22. The van der Waals surface area contributed by atoms with Crippen LogP contribution >= 0.6 is 11.6 Å². The van der Waals surface area contributed by atoms with E-state index in [-0.39, 0.29) is 28.6 Å². The number of fused-ring (bicyclic) bond motifs is 1. The van der Waals surface area contributed by atoms with Crippen LogP contribution in [0.15, 0.2) is 18.2 Å². The van der Waals surface area contributed by atoms with Crippen LogP contribution in [0.2, 0.25) is 5.02 Å². The molecule has 2 aliphatic carbocycles. The van der Waals surface area contributed by atoms with E-state index in [0.29, 0.717) is 11.8 Å². The number of hydrogen-bond donors (Lipinski definition) is 1. The molecule has 0 radical (unpaired) electrons. The lowest BCUT2D eigenvalue weighted by molar-refractivity contribution is 0.0718. The quantitative estimate of drug-likeness (QED) is 0.911. The van der Waals surface area contributed by atoms with Gasteiger partial charge in [-0.1, -0.05) is 17.7 Å². The largest absolute Gasteiger partial charge is 0.393 e. The third kappa shape index (κ3) is 2.67. The summed E-state index contributed by atoms with van der Waals surface area (Å²) in [5.41, 5.74) is -0.0428. The van der Waals surface area contributed by atoms with Gasteiger partial charge in [0.2, 0.25) is 0 Å². The first kappa shape index (κ1) is 14.8. The van der Waals surface area contributed by atoms with Crippen LogP contribution in [0.25, 0.3) is 0 Å². The molecule has 4 atom stereocenters. The summed E-state index contributed by atoms with van der Waals surface area (Å²) in [7, 11) is 1.72. The minimum absolute atomic E-state index is 0.0428. The first-order valence-corrected chi connectivity index (χ1v) is 7.74. The van der Waals surface area contributed by atoms with E-state index in [1.54, 1.807) is 11.9 Å². The van der Waals surface area contributed by atoms with E-state index < -0.39 is 5.82 Å². The summed E-state index contributed by atoms with van der Waals surface area (Å²) in [6.45, 7) is 0. The van der Waals surface area contributed by atoms with Gasteiger partial charge in [0.05, 0.1) is 16.7 Å². The van der Waals surface area contributed by atoms with Gasteiger partial charge in [0.1, 0.15) is 5.82 Å². The van der Waals surface area contributed by atoms with Crippen molar-refractivity contribution in [1.29, 1.82) is 0 Å². The lowest BCUT2D eigenvalue weighted by Crippen LogP contribution is -2.36. The van der Waals surface area contributed by atoms with Crippen LogP contribution in [0, 0.1) is 17.7 Å². The Bertz CT molecular complexity index is 531. The molecule has 2 fully saturated rings. The van der Waals surface area contributed by atoms with Gasteiger partial charge in [0, 0.05) is 13.1 Å². The van der Waals surface area contributed by atoms with Crippen LogP contribution in [0.5, 0.6) is 0 Å². The first-order chi connectivity index (χ1) is 9.97. The zero-order valence-electron chi connectivity index (χ0n) is 11.9. The molecule has 2 aliphatic rings. The van der Waals surface area contributed by atoms with Crippen molar-refractivity contribution in [2.24, 2.45) is 11.8 Å². The van der Waals surface area contributed by atoms with Crippen molar-refractivity contribution in [3.8, 4) is 0 Å². The average molecular weight is 312 g/mol. The fourth-order valence-electron chi connectivity index (χ4n) is 3.91. The number of hydrogen-bond acceptors (Lipinski definition) is 2. The minimum atomic E-state index is -0.576. The molecule has 3 nitrogen and oxygen atoms in total. The Labute approximate surface area is 128 Å². The van der Waals surface area contributed by atoms with Crippen molar-refractivity contribution in [2.75, 3.05) is 7.05 Å². The number of aliphatic hydroxyl groups excluding tert-OH is 1. The maximum Gasteiger partial charge on any atom is 0.258 e. The number of carbonyl (C=O) groups excluding carboxylic acids is 1. The van der Waals surface area contributed by atoms with Gasteiger partial charge in [-0.05, 0) is 49.7 Å². The molecule has 1 aromatic rings. The van der Waals surface area contributed by atoms with Gasteiger partial charge in [-0.25, -0.2) is 4.39 Å². The van der Waals surface area contributed by atoms with E-state index in [2.05, 4.69) is 0 Å². The molecule has 3 rings (SSSR count). The first-order valence-electron chi connectivity index (χ1n) is 7.36. The fraction of sp³-hybridized carbons (Fsp3) is 0.562. The highest BCUT2D eigenvalue weighted by Gasteiger charge is 2.43. The topological polar surface area (TPSA) is 40.5 Å². The Hall–Kier alpha value is -1.13. The van der Waals surface area contributed by atoms with Crippen molar-refractivity contribution in [1.82, 2.24) is 4.90 Å². The van der Waals surface area contributed by atoms with Crippen LogP contribution in [0.4, 0.5) is 4.39 Å². The van der Waals surface area contributed by atoms with Crippen molar-refractivity contribution < 1.29 is 14.3 Å². The molecular formula is C16H19ClFNO2. The molecule has 114 valence electrons. The van der Waals surface area contributed by atoms with Crippen LogP contribution in [0.3, 0.4) is 0 Å². The molecule has 0 spiro atoms. The normalized spacial score (nSPS) is 31.2. The fourth-order valence-corrected chi connectivity index (χ4v) is 4.16. The molecule has 1 aromatic carbocycles. The van der Waals surface area contributed by atoms with E-state index in [1.165, 1.54) is 18.2 Å². The van der Waals surface area contributed by atoms with E-state index in [9.17, 15) is 14.3 Å². The number of rotatable bonds is 2. The van der Waals surface area contributed by atoms with E-state index in [1.807, 2.05) is 0 Å². The highest BCUT2D eigenvalue weighted by Crippen LogP contribution is 2.45. The van der Waals surface area contributed by atoms with Crippen molar-refractivity contribution in [2.45, 2.75) is 37.8 Å². The number of carbonyl (C=O) groups is 1. The molecule has 0 saturated heterocycles. The van der Waals surface area contributed by atoms with Crippen LogP contribution in [0.1, 0.15) is 36.0 Å². The highest BCUT2D eigenvalue weighted by molar-refractivity contribution is 6.33. The molecule has 2 unspecified atom stereocenters. The second kappa shape index (κ2) is 5.58. The van der Waals surface area contributed by atoms with E-state index in [4.69, 9.17) is 11.6 Å². The second-order valence-electron chi connectivity index (χ2n) is 6.28. The molecule has 0 bridgehead atoms. The lowest BCUT2D eigenvalue weighted by Gasteiger charge is -2.26. The zero-order valence-corrected chi connectivity index (χ0v) is 12.7. The van der Waals surface area contributed by atoms with Crippen molar-refractivity contribution >= 4 is 17.5 Å². The van der Waals surface area contributed by atoms with Gasteiger partial charge in [0.15, 0.2) is 0 Å².